The second kappa shape index (κ2) is 8.00. The molecule has 1 aliphatic rings. The predicted octanol–water partition coefficient (Wildman–Crippen LogP) is 4.71. The Balaban J connectivity index is 1.53. The summed E-state index contributed by atoms with van der Waals surface area (Å²) in [5.41, 5.74) is 3.86. The summed E-state index contributed by atoms with van der Waals surface area (Å²) >= 11 is 3.58. The fourth-order valence-corrected chi connectivity index (χ4v) is 4.64. The lowest BCUT2D eigenvalue weighted by Crippen LogP contribution is -2.42. The third kappa shape index (κ3) is 4.17. The lowest BCUT2D eigenvalue weighted by molar-refractivity contribution is 0.0184. The molecule has 0 radical (unpaired) electrons. The molecule has 8 nitrogen and oxygen atoms in total. The van der Waals surface area contributed by atoms with E-state index in [9.17, 15) is 10.1 Å². The molecule has 31 heavy (non-hydrogen) atoms. The molecule has 1 aliphatic heterocycles. The van der Waals surface area contributed by atoms with Crippen molar-refractivity contribution in [3.63, 3.8) is 0 Å². The molecule has 1 saturated heterocycles. The number of carbonyl (C=O) groups excluding carboxylic acids is 1. The number of nitrogens with zero attached hydrogens (tertiary/aromatic N) is 6. The van der Waals surface area contributed by atoms with Crippen LogP contribution in [0, 0.1) is 18.3 Å². The van der Waals surface area contributed by atoms with Crippen LogP contribution in [0.2, 0.25) is 0 Å². The lowest BCUT2D eigenvalue weighted by atomic mass is 10.0. The minimum absolute atomic E-state index is 0.231. The molecule has 0 N–H and O–H groups in total. The van der Waals surface area contributed by atoms with Crippen molar-refractivity contribution in [3.8, 4) is 17.2 Å². The lowest BCUT2D eigenvalue weighted by Gasteiger charge is -2.33. The number of hydrogen-bond acceptors (Lipinski definition) is 5. The maximum absolute atomic E-state index is 12.3. The molecule has 9 heteroatoms. The molecule has 0 aromatic carbocycles. The van der Waals surface area contributed by atoms with Crippen molar-refractivity contribution in [1.82, 2.24) is 24.3 Å². The summed E-state index contributed by atoms with van der Waals surface area (Å²) in [5, 5.41) is 18.2. The van der Waals surface area contributed by atoms with E-state index in [4.69, 9.17) is 4.74 Å². The highest BCUT2D eigenvalue weighted by Crippen LogP contribution is 2.32. The number of amides is 1. The third-order valence-electron chi connectivity index (χ3n) is 5.50. The zero-order valence-corrected chi connectivity index (χ0v) is 19.7. The molecular formula is C22H25BrN6O2. The van der Waals surface area contributed by atoms with E-state index in [0.29, 0.717) is 18.7 Å². The van der Waals surface area contributed by atoms with Gasteiger partial charge in [-0.15, -0.1) is 0 Å². The van der Waals surface area contributed by atoms with Crippen molar-refractivity contribution in [2.75, 3.05) is 13.1 Å². The number of halogens is 1. The van der Waals surface area contributed by atoms with Crippen molar-refractivity contribution < 1.29 is 9.53 Å². The monoisotopic (exact) mass is 484 g/mol. The van der Waals surface area contributed by atoms with Crippen LogP contribution in [0.1, 0.15) is 50.9 Å². The quantitative estimate of drug-likeness (QED) is 0.525. The topological polar surface area (TPSA) is 88.5 Å². The summed E-state index contributed by atoms with van der Waals surface area (Å²) in [5.74, 6) is 0. The molecule has 0 aliphatic carbocycles. The Morgan fingerprint density at radius 3 is 2.61 bits per heavy atom. The van der Waals surface area contributed by atoms with Crippen LogP contribution in [0.25, 0.3) is 16.6 Å². The minimum atomic E-state index is -0.487. The largest absolute Gasteiger partial charge is 0.444 e. The van der Waals surface area contributed by atoms with Gasteiger partial charge in [0.05, 0.1) is 29.5 Å². The molecular weight excluding hydrogens is 460 g/mol. The number of hydrogen-bond donors (Lipinski definition) is 0. The van der Waals surface area contributed by atoms with Crippen LogP contribution in [-0.4, -0.2) is 49.1 Å². The average Bonchev–Trinajstić information content (AvgIpc) is 3.30. The van der Waals surface area contributed by atoms with Gasteiger partial charge in [0.25, 0.3) is 0 Å². The molecule has 4 heterocycles. The molecule has 3 aromatic rings. The number of fused-ring (bicyclic) bond motifs is 1. The van der Waals surface area contributed by atoms with Crippen LogP contribution in [0.5, 0.6) is 0 Å². The van der Waals surface area contributed by atoms with Gasteiger partial charge < -0.3 is 9.64 Å². The molecule has 0 saturated carbocycles. The highest BCUT2D eigenvalue weighted by Gasteiger charge is 2.29. The second-order valence-electron chi connectivity index (χ2n) is 8.83. The van der Waals surface area contributed by atoms with Crippen molar-refractivity contribution >= 4 is 27.5 Å². The zero-order valence-electron chi connectivity index (χ0n) is 18.1. The summed E-state index contributed by atoms with van der Waals surface area (Å²) in [6.07, 6.45) is 6.76. The van der Waals surface area contributed by atoms with E-state index in [1.165, 1.54) is 0 Å². The summed E-state index contributed by atoms with van der Waals surface area (Å²) in [4.78, 5) is 14.1. The molecule has 0 bridgehead atoms. The van der Waals surface area contributed by atoms with Gasteiger partial charge >= 0.3 is 6.09 Å². The Bertz CT molecular complexity index is 1180. The molecule has 0 unspecified atom stereocenters. The van der Waals surface area contributed by atoms with E-state index in [2.05, 4.69) is 43.8 Å². The molecule has 3 aromatic heterocycles. The molecule has 162 valence electrons. The van der Waals surface area contributed by atoms with E-state index in [1.807, 2.05) is 39.2 Å². The Hall–Kier alpha value is -2.86. The third-order valence-corrected chi connectivity index (χ3v) is 6.11. The average molecular weight is 485 g/mol. The van der Waals surface area contributed by atoms with E-state index in [0.717, 1.165) is 39.7 Å². The van der Waals surface area contributed by atoms with E-state index >= 15 is 0 Å². The highest BCUT2D eigenvalue weighted by atomic mass is 79.9. The molecule has 1 fully saturated rings. The van der Waals surface area contributed by atoms with Gasteiger partial charge in [-0.1, -0.05) is 0 Å². The summed E-state index contributed by atoms with van der Waals surface area (Å²) in [7, 11) is 0. The van der Waals surface area contributed by atoms with Gasteiger partial charge in [0, 0.05) is 40.6 Å². The van der Waals surface area contributed by atoms with Gasteiger partial charge in [0.2, 0.25) is 0 Å². The molecule has 0 atom stereocenters. The van der Waals surface area contributed by atoms with E-state index in [-0.39, 0.29) is 12.1 Å². The summed E-state index contributed by atoms with van der Waals surface area (Å²) < 4.78 is 10.1. The number of pyridine rings is 1. The molecule has 4 rings (SSSR count). The Labute approximate surface area is 189 Å². The number of ether oxygens (including phenoxy) is 1. The van der Waals surface area contributed by atoms with Crippen LogP contribution in [0.3, 0.4) is 0 Å². The number of piperidine rings is 1. The summed E-state index contributed by atoms with van der Waals surface area (Å²) in [6.45, 7) is 9.00. The number of likely N-dealkylation sites (tertiary alicyclic amines) is 1. The normalized spacial score (nSPS) is 15.3. The first-order chi connectivity index (χ1) is 14.7. The minimum Gasteiger partial charge on any atom is -0.444 e. The van der Waals surface area contributed by atoms with E-state index < -0.39 is 5.60 Å². The Morgan fingerprint density at radius 2 is 1.97 bits per heavy atom. The van der Waals surface area contributed by atoms with Crippen molar-refractivity contribution in [1.29, 1.82) is 5.26 Å². The van der Waals surface area contributed by atoms with Gasteiger partial charge in [-0.25, -0.2) is 9.31 Å². The van der Waals surface area contributed by atoms with Gasteiger partial charge in [-0.05, 0) is 62.5 Å². The predicted molar refractivity (Wildman–Crippen MR) is 120 cm³/mol. The Morgan fingerprint density at radius 1 is 1.26 bits per heavy atom. The zero-order chi connectivity index (χ0) is 22.3. The first-order valence-corrected chi connectivity index (χ1v) is 11.1. The molecule has 1 amide bonds. The van der Waals surface area contributed by atoms with Crippen molar-refractivity contribution in [2.45, 2.75) is 52.2 Å². The van der Waals surface area contributed by atoms with Crippen LogP contribution in [-0.2, 0) is 4.74 Å². The molecule has 0 spiro atoms. The fraction of sp³-hybridized carbons (Fsp3) is 0.455. The standard InChI is InChI=1S/C22H25BrN6O2/c1-14-18(15-9-19(23)20-16(10-24)11-25-28(20)13-15)12-26-29(14)17-5-7-27(8-6-17)21(30)31-22(2,3)4/h9,11-13,17H,5-8H2,1-4H3. The first-order valence-electron chi connectivity index (χ1n) is 10.3. The van der Waals surface area contributed by atoms with Gasteiger partial charge in [-0.2, -0.15) is 15.5 Å². The van der Waals surface area contributed by atoms with Gasteiger partial charge in [-0.3, -0.25) is 4.68 Å². The van der Waals surface area contributed by atoms with Crippen LogP contribution >= 0.6 is 15.9 Å². The number of nitriles is 1. The number of rotatable bonds is 2. The highest BCUT2D eigenvalue weighted by molar-refractivity contribution is 9.10. The maximum atomic E-state index is 12.3. The van der Waals surface area contributed by atoms with Crippen LogP contribution < -0.4 is 0 Å². The van der Waals surface area contributed by atoms with Crippen molar-refractivity contribution in [2.24, 2.45) is 0 Å². The second-order valence-corrected chi connectivity index (χ2v) is 9.68. The van der Waals surface area contributed by atoms with Crippen LogP contribution in [0.4, 0.5) is 4.79 Å². The smallest absolute Gasteiger partial charge is 0.410 e. The van der Waals surface area contributed by atoms with Crippen LogP contribution in [0.15, 0.2) is 29.1 Å². The first kappa shape index (κ1) is 21.4. The maximum Gasteiger partial charge on any atom is 0.410 e. The SMILES string of the molecule is Cc1c(-c2cc(Br)c3c(C#N)cnn3c2)cnn1C1CCN(C(=O)OC(C)(C)C)CC1. The fourth-order valence-electron chi connectivity index (χ4n) is 4.00. The van der Waals surface area contributed by atoms with Crippen molar-refractivity contribution in [3.05, 3.63) is 40.4 Å². The Kier molecular flexibility index (Phi) is 5.52. The van der Waals surface area contributed by atoms with E-state index in [1.54, 1.807) is 15.6 Å². The summed E-state index contributed by atoms with van der Waals surface area (Å²) in [6, 6.07) is 4.39. The number of carbonyl (C=O) groups is 1. The number of aromatic nitrogens is 4. The van der Waals surface area contributed by atoms with Gasteiger partial charge in [0.15, 0.2) is 0 Å². The van der Waals surface area contributed by atoms with Gasteiger partial charge in [0.1, 0.15) is 11.7 Å².